The van der Waals surface area contributed by atoms with E-state index in [1.54, 1.807) is 17.4 Å². The van der Waals surface area contributed by atoms with Gasteiger partial charge in [-0.2, -0.15) is 0 Å². The van der Waals surface area contributed by atoms with Crippen LogP contribution in [0.15, 0.2) is 40.5 Å². The largest absolute Gasteiger partial charge is 0.472 e. The molecule has 0 saturated carbocycles. The molecular formula is C18H22N2O3S. The summed E-state index contributed by atoms with van der Waals surface area (Å²) in [5.41, 5.74) is 0.577. The number of carbonyl (C=O) groups is 2. The summed E-state index contributed by atoms with van der Waals surface area (Å²) < 4.78 is 4.97. The van der Waals surface area contributed by atoms with Gasteiger partial charge in [-0.05, 0) is 37.3 Å². The molecule has 0 bridgehead atoms. The average molecular weight is 346 g/mol. The van der Waals surface area contributed by atoms with Crippen molar-refractivity contribution in [2.45, 2.75) is 26.3 Å². The highest BCUT2D eigenvalue weighted by molar-refractivity contribution is 7.09. The predicted octanol–water partition coefficient (Wildman–Crippen LogP) is 3.24. The van der Waals surface area contributed by atoms with Crippen LogP contribution in [0.2, 0.25) is 0 Å². The van der Waals surface area contributed by atoms with Gasteiger partial charge in [-0.15, -0.1) is 11.3 Å². The third-order valence-corrected chi connectivity index (χ3v) is 5.38. The Kier molecular flexibility index (Phi) is 5.35. The molecule has 0 spiro atoms. The van der Waals surface area contributed by atoms with Crippen LogP contribution in [0.1, 0.15) is 35.0 Å². The van der Waals surface area contributed by atoms with Gasteiger partial charge >= 0.3 is 0 Å². The molecule has 0 atom stereocenters. The second kappa shape index (κ2) is 7.66. The molecule has 5 nitrogen and oxygen atoms in total. The fraction of sp³-hybridized carbons (Fsp3) is 0.444. The number of rotatable bonds is 5. The van der Waals surface area contributed by atoms with Crippen molar-refractivity contribution in [2.24, 2.45) is 5.92 Å². The first-order valence-corrected chi connectivity index (χ1v) is 9.19. The Morgan fingerprint density at radius 3 is 2.71 bits per heavy atom. The van der Waals surface area contributed by atoms with E-state index in [9.17, 15) is 9.59 Å². The van der Waals surface area contributed by atoms with Crippen molar-refractivity contribution in [3.8, 4) is 0 Å². The normalized spacial score (nSPS) is 15.5. The van der Waals surface area contributed by atoms with Crippen LogP contribution in [-0.4, -0.2) is 41.2 Å². The highest BCUT2D eigenvalue weighted by Gasteiger charge is 2.30. The van der Waals surface area contributed by atoms with E-state index in [1.807, 2.05) is 28.2 Å². The Balaban J connectivity index is 1.55. The highest BCUT2D eigenvalue weighted by Crippen LogP contribution is 2.23. The Bertz CT molecular complexity index is 659. The van der Waals surface area contributed by atoms with Crippen molar-refractivity contribution >= 4 is 23.2 Å². The maximum Gasteiger partial charge on any atom is 0.257 e. The zero-order chi connectivity index (χ0) is 16.9. The van der Waals surface area contributed by atoms with E-state index in [-0.39, 0.29) is 17.7 Å². The van der Waals surface area contributed by atoms with Crippen molar-refractivity contribution < 1.29 is 14.0 Å². The Morgan fingerprint density at radius 1 is 1.33 bits per heavy atom. The van der Waals surface area contributed by atoms with Gasteiger partial charge in [0.1, 0.15) is 6.26 Å². The van der Waals surface area contributed by atoms with Crippen LogP contribution in [-0.2, 0) is 11.3 Å². The lowest BCUT2D eigenvalue weighted by molar-refractivity contribution is -0.137. The summed E-state index contributed by atoms with van der Waals surface area (Å²) in [6.45, 7) is 4.66. The summed E-state index contributed by atoms with van der Waals surface area (Å²) in [5.74, 6) is 0.209. The molecule has 0 aliphatic carbocycles. The topological polar surface area (TPSA) is 53.8 Å². The van der Waals surface area contributed by atoms with E-state index in [0.29, 0.717) is 31.7 Å². The van der Waals surface area contributed by atoms with Crippen LogP contribution < -0.4 is 0 Å². The number of carbonyl (C=O) groups excluding carboxylic acids is 2. The lowest BCUT2D eigenvalue weighted by Crippen LogP contribution is -2.44. The molecule has 1 saturated heterocycles. The molecule has 0 aromatic carbocycles. The number of hydrogen-bond donors (Lipinski definition) is 0. The van der Waals surface area contributed by atoms with Gasteiger partial charge in [0, 0.05) is 30.4 Å². The van der Waals surface area contributed by atoms with Crippen LogP contribution in [0.4, 0.5) is 0 Å². The molecule has 128 valence electrons. The lowest BCUT2D eigenvalue weighted by atomic mass is 9.95. The van der Waals surface area contributed by atoms with Gasteiger partial charge < -0.3 is 14.2 Å². The van der Waals surface area contributed by atoms with Gasteiger partial charge in [-0.1, -0.05) is 6.07 Å². The standard InChI is InChI=1S/C18H22N2O3S/c1-2-19(12-16-4-3-11-24-16)17(21)14-5-8-20(9-6-14)18(22)15-7-10-23-13-15/h3-4,7,10-11,13-14H,2,5-6,8-9,12H2,1H3. The third kappa shape index (κ3) is 3.70. The number of amides is 2. The molecule has 0 N–H and O–H groups in total. The van der Waals surface area contributed by atoms with Crippen LogP contribution in [0.5, 0.6) is 0 Å². The predicted molar refractivity (Wildman–Crippen MR) is 92.7 cm³/mol. The molecule has 1 aliphatic rings. The molecule has 1 fully saturated rings. The molecule has 1 aliphatic heterocycles. The molecular weight excluding hydrogens is 324 g/mol. The van der Waals surface area contributed by atoms with Crippen molar-refractivity contribution in [1.82, 2.24) is 9.80 Å². The van der Waals surface area contributed by atoms with Gasteiger partial charge in [0.05, 0.1) is 18.4 Å². The zero-order valence-electron chi connectivity index (χ0n) is 13.8. The van der Waals surface area contributed by atoms with E-state index >= 15 is 0 Å². The molecule has 0 radical (unpaired) electrons. The fourth-order valence-corrected chi connectivity index (χ4v) is 3.81. The summed E-state index contributed by atoms with van der Waals surface area (Å²) in [5, 5.41) is 2.04. The average Bonchev–Trinajstić information content (AvgIpc) is 3.32. The summed E-state index contributed by atoms with van der Waals surface area (Å²) in [7, 11) is 0. The van der Waals surface area contributed by atoms with E-state index in [1.165, 1.54) is 17.4 Å². The molecule has 2 aromatic rings. The lowest BCUT2D eigenvalue weighted by Gasteiger charge is -2.33. The minimum absolute atomic E-state index is 0.0123. The number of piperidine rings is 1. The summed E-state index contributed by atoms with van der Waals surface area (Å²) in [6, 6.07) is 5.75. The first-order valence-electron chi connectivity index (χ1n) is 8.31. The molecule has 2 amide bonds. The Labute approximate surface area is 145 Å². The maximum atomic E-state index is 12.8. The van der Waals surface area contributed by atoms with Crippen LogP contribution in [0.25, 0.3) is 0 Å². The number of thiophene rings is 1. The van der Waals surface area contributed by atoms with E-state index in [2.05, 4.69) is 6.07 Å². The number of hydrogen-bond acceptors (Lipinski definition) is 4. The van der Waals surface area contributed by atoms with Crippen LogP contribution in [0, 0.1) is 5.92 Å². The minimum atomic E-state index is -0.0133. The van der Waals surface area contributed by atoms with Gasteiger partial charge in [-0.3, -0.25) is 9.59 Å². The van der Waals surface area contributed by atoms with Crippen LogP contribution in [0.3, 0.4) is 0 Å². The molecule has 2 aromatic heterocycles. The smallest absolute Gasteiger partial charge is 0.257 e. The maximum absolute atomic E-state index is 12.8. The van der Waals surface area contributed by atoms with Gasteiger partial charge in [0.25, 0.3) is 5.91 Å². The van der Waals surface area contributed by atoms with Crippen LogP contribution >= 0.6 is 11.3 Å². The van der Waals surface area contributed by atoms with Crippen molar-refractivity contribution in [3.05, 3.63) is 46.5 Å². The first-order chi connectivity index (χ1) is 11.7. The monoisotopic (exact) mass is 346 g/mol. The number of furan rings is 1. The molecule has 3 heterocycles. The van der Waals surface area contributed by atoms with E-state index in [0.717, 1.165) is 12.8 Å². The molecule has 3 rings (SSSR count). The fourth-order valence-electron chi connectivity index (χ4n) is 3.09. The quantitative estimate of drug-likeness (QED) is 0.835. The third-order valence-electron chi connectivity index (χ3n) is 4.52. The van der Waals surface area contributed by atoms with Gasteiger partial charge in [0.15, 0.2) is 0 Å². The minimum Gasteiger partial charge on any atom is -0.472 e. The van der Waals surface area contributed by atoms with Crippen molar-refractivity contribution in [1.29, 1.82) is 0 Å². The van der Waals surface area contributed by atoms with E-state index < -0.39 is 0 Å². The SMILES string of the molecule is CCN(Cc1cccs1)C(=O)C1CCN(C(=O)c2ccoc2)CC1. The first kappa shape index (κ1) is 16.8. The molecule has 6 heteroatoms. The Hall–Kier alpha value is -2.08. The Morgan fingerprint density at radius 2 is 2.12 bits per heavy atom. The van der Waals surface area contributed by atoms with Gasteiger partial charge in [-0.25, -0.2) is 0 Å². The summed E-state index contributed by atoms with van der Waals surface area (Å²) in [4.78, 5) is 30.0. The highest BCUT2D eigenvalue weighted by atomic mass is 32.1. The summed E-state index contributed by atoms with van der Waals surface area (Å²) in [6.07, 6.45) is 4.43. The molecule has 24 heavy (non-hydrogen) atoms. The second-order valence-corrected chi connectivity index (χ2v) is 7.04. The van der Waals surface area contributed by atoms with Crippen molar-refractivity contribution in [3.63, 3.8) is 0 Å². The number of likely N-dealkylation sites (tertiary alicyclic amines) is 1. The van der Waals surface area contributed by atoms with E-state index in [4.69, 9.17) is 4.42 Å². The summed E-state index contributed by atoms with van der Waals surface area (Å²) >= 11 is 1.68. The van der Waals surface area contributed by atoms with Gasteiger partial charge in [0.2, 0.25) is 5.91 Å². The van der Waals surface area contributed by atoms with Crippen molar-refractivity contribution in [2.75, 3.05) is 19.6 Å². The zero-order valence-corrected chi connectivity index (χ0v) is 14.6. The second-order valence-electron chi connectivity index (χ2n) is 6.01. The molecule has 0 unspecified atom stereocenters. The number of nitrogens with zero attached hydrogens (tertiary/aromatic N) is 2.